The second-order valence-corrected chi connectivity index (χ2v) is 7.36. The number of pyridine rings is 1. The molecule has 0 atom stereocenters. The molecular weight excluding hydrogens is 402 g/mol. The zero-order valence-corrected chi connectivity index (χ0v) is 16.8. The Balaban J connectivity index is 1.85. The topological polar surface area (TPSA) is 112 Å². The van der Waals surface area contributed by atoms with Crippen molar-refractivity contribution in [1.82, 2.24) is 19.6 Å². The van der Waals surface area contributed by atoms with E-state index in [0.29, 0.717) is 27.5 Å². The van der Waals surface area contributed by atoms with Crippen LogP contribution in [0.25, 0.3) is 21.6 Å². The zero-order chi connectivity index (χ0) is 21.3. The summed E-state index contributed by atoms with van der Waals surface area (Å²) in [5, 5.41) is 5.12. The summed E-state index contributed by atoms with van der Waals surface area (Å²) in [7, 11) is 1.42. The molecule has 4 rings (SSSR count). The molecule has 0 unspecified atom stereocenters. The summed E-state index contributed by atoms with van der Waals surface area (Å²) in [6.45, 7) is 3.67. The second-order valence-electron chi connectivity index (χ2n) is 6.41. The van der Waals surface area contributed by atoms with Crippen molar-refractivity contribution in [2.75, 3.05) is 12.8 Å². The van der Waals surface area contributed by atoms with E-state index >= 15 is 0 Å². The minimum Gasteiger partial charge on any atom is -0.493 e. The van der Waals surface area contributed by atoms with Crippen molar-refractivity contribution >= 4 is 34.0 Å². The number of nitrogens with zero attached hydrogens (tertiary/aromatic N) is 4. The Hall–Kier alpha value is -3.85. The molecule has 0 fully saturated rings. The molecule has 3 aromatic rings. The van der Waals surface area contributed by atoms with Crippen molar-refractivity contribution in [1.29, 1.82) is 0 Å². The highest BCUT2D eigenvalue weighted by Gasteiger charge is 2.21. The Morgan fingerprint density at radius 1 is 1.33 bits per heavy atom. The first kappa shape index (κ1) is 19.5. The van der Waals surface area contributed by atoms with Crippen molar-refractivity contribution in [2.24, 2.45) is 0 Å². The second kappa shape index (κ2) is 7.88. The first-order chi connectivity index (χ1) is 14.5. The fraction of sp³-hybridized carbons (Fsp3) is 0.0952. The van der Waals surface area contributed by atoms with Gasteiger partial charge in [-0.3, -0.25) is 14.6 Å². The van der Waals surface area contributed by atoms with E-state index < -0.39 is 5.56 Å². The molecule has 0 bridgehead atoms. The van der Waals surface area contributed by atoms with Gasteiger partial charge in [-0.1, -0.05) is 17.4 Å². The molecule has 0 amide bonds. The van der Waals surface area contributed by atoms with E-state index in [1.807, 2.05) is 6.07 Å². The average Bonchev–Trinajstić information content (AvgIpc) is 3.18. The number of aromatic nitrogens is 4. The molecule has 0 saturated carbocycles. The van der Waals surface area contributed by atoms with Crippen molar-refractivity contribution in [2.45, 2.75) is 6.42 Å². The first-order valence-corrected chi connectivity index (χ1v) is 9.76. The number of hydrogen-bond donors (Lipinski definition) is 1. The summed E-state index contributed by atoms with van der Waals surface area (Å²) in [5.41, 5.74) is 7.87. The standard InChI is InChI=1S/C21H17N5O3S/c1-3-5-13-8-12(10-16(29-2)17(13)27)9-15-18(22)26-21(24-19(15)28)30-20(25-26)14-6-4-7-23-11-14/h3-4,6-11H,1,5,22H2,2H3. The number of anilines is 1. The van der Waals surface area contributed by atoms with Crippen molar-refractivity contribution in [3.05, 3.63) is 82.2 Å². The summed E-state index contributed by atoms with van der Waals surface area (Å²) in [6, 6.07) is 3.67. The van der Waals surface area contributed by atoms with Crippen molar-refractivity contribution < 1.29 is 9.53 Å². The maximum Gasteiger partial charge on any atom is 0.283 e. The molecule has 0 radical (unpaired) electrons. The number of nitrogen functional groups attached to an aromatic ring is 1. The zero-order valence-electron chi connectivity index (χ0n) is 16.0. The number of ketones is 1. The predicted molar refractivity (Wildman–Crippen MR) is 116 cm³/mol. The van der Waals surface area contributed by atoms with Crippen LogP contribution in [0.15, 0.2) is 71.0 Å². The number of rotatable bonds is 5. The Morgan fingerprint density at radius 3 is 2.87 bits per heavy atom. The molecule has 0 spiro atoms. The van der Waals surface area contributed by atoms with Gasteiger partial charge in [0.05, 0.1) is 12.7 Å². The third-order valence-corrected chi connectivity index (χ3v) is 5.41. The number of nitrogens with two attached hydrogens (primary N) is 1. The van der Waals surface area contributed by atoms with Crippen LogP contribution in [-0.4, -0.2) is 32.5 Å². The highest BCUT2D eigenvalue weighted by Crippen LogP contribution is 2.27. The Kier molecular flexibility index (Phi) is 5.11. The molecule has 150 valence electrons. The Labute approximate surface area is 175 Å². The van der Waals surface area contributed by atoms with E-state index in [1.165, 1.54) is 23.0 Å². The molecule has 9 heteroatoms. The predicted octanol–water partition coefficient (Wildman–Crippen LogP) is 2.79. The summed E-state index contributed by atoms with van der Waals surface area (Å²) in [4.78, 5) is 33.6. The van der Waals surface area contributed by atoms with E-state index in [9.17, 15) is 9.59 Å². The van der Waals surface area contributed by atoms with Crippen molar-refractivity contribution in [3.63, 3.8) is 0 Å². The quantitative estimate of drug-likeness (QED) is 0.633. The maximum absolute atomic E-state index is 12.7. The van der Waals surface area contributed by atoms with E-state index in [1.54, 1.807) is 42.8 Å². The monoisotopic (exact) mass is 419 g/mol. The number of fused-ring (bicyclic) bond motifs is 1. The van der Waals surface area contributed by atoms with E-state index in [-0.39, 0.29) is 22.9 Å². The molecule has 30 heavy (non-hydrogen) atoms. The van der Waals surface area contributed by atoms with Crippen LogP contribution >= 0.6 is 11.3 Å². The number of hydrogen-bond acceptors (Lipinski definition) is 8. The average molecular weight is 419 g/mol. The number of ether oxygens (including phenoxy) is 1. The van der Waals surface area contributed by atoms with Crippen LogP contribution in [0.2, 0.25) is 0 Å². The van der Waals surface area contributed by atoms with E-state index in [2.05, 4.69) is 21.6 Å². The van der Waals surface area contributed by atoms with Gasteiger partial charge in [0.2, 0.25) is 10.7 Å². The fourth-order valence-corrected chi connectivity index (χ4v) is 3.90. The minimum absolute atomic E-state index is 0.159. The molecule has 1 aliphatic rings. The number of allylic oxidation sites excluding steroid dienone is 5. The highest BCUT2D eigenvalue weighted by atomic mass is 32.1. The lowest BCUT2D eigenvalue weighted by molar-refractivity contribution is -0.115. The van der Waals surface area contributed by atoms with Gasteiger partial charge in [-0.05, 0) is 42.4 Å². The van der Waals surface area contributed by atoms with Gasteiger partial charge in [0.15, 0.2) is 5.76 Å². The Morgan fingerprint density at radius 2 is 2.17 bits per heavy atom. The number of carbonyl (C=O) groups excluding carboxylic acids is 1. The lowest BCUT2D eigenvalue weighted by atomic mass is 9.95. The van der Waals surface area contributed by atoms with Crippen LogP contribution in [0, 0.1) is 0 Å². The summed E-state index contributed by atoms with van der Waals surface area (Å²) in [6.07, 6.45) is 10.2. The summed E-state index contributed by atoms with van der Waals surface area (Å²) < 4.78 is 6.61. The normalized spacial score (nSPS) is 15.2. The van der Waals surface area contributed by atoms with Gasteiger partial charge in [0, 0.05) is 23.5 Å². The van der Waals surface area contributed by atoms with Gasteiger partial charge in [-0.2, -0.15) is 14.6 Å². The van der Waals surface area contributed by atoms with Gasteiger partial charge in [-0.25, -0.2) is 0 Å². The molecule has 3 aromatic heterocycles. The number of Topliss-reactive ketones (excluding diaryl/α,β-unsaturated/α-hetero) is 1. The number of methoxy groups -OCH3 is 1. The van der Waals surface area contributed by atoms with Crippen LogP contribution < -0.4 is 11.3 Å². The molecule has 1 aliphatic carbocycles. The largest absolute Gasteiger partial charge is 0.493 e. The van der Waals surface area contributed by atoms with Crippen LogP contribution in [0.1, 0.15) is 12.0 Å². The van der Waals surface area contributed by atoms with E-state index in [4.69, 9.17) is 10.5 Å². The maximum atomic E-state index is 12.7. The van der Waals surface area contributed by atoms with Gasteiger partial charge in [0.1, 0.15) is 10.8 Å². The SMILES string of the molecule is C=CCC1=CC(=Cc2c(N)n3nc(-c4cccnc4)sc3nc2=O)C=C(OC)C1=O. The van der Waals surface area contributed by atoms with Gasteiger partial charge in [0.25, 0.3) is 5.56 Å². The summed E-state index contributed by atoms with van der Waals surface area (Å²) in [5.74, 6) is 0.126. The molecule has 3 heterocycles. The van der Waals surface area contributed by atoms with E-state index in [0.717, 1.165) is 5.56 Å². The summed E-state index contributed by atoms with van der Waals surface area (Å²) >= 11 is 1.25. The van der Waals surface area contributed by atoms with Crippen LogP contribution in [-0.2, 0) is 9.53 Å². The molecule has 0 aliphatic heterocycles. The lowest BCUT2D eigenvalue weighted by Gasteiger charge is -2.14. The van der Waals surface area contributed by atoms with Gasteiger partial charge >= 0.3 is 0 Å². The lowest BCUT2D eigenvalue weighted by Crippen LogP contribution is -2.17. The van der Waals surface area contributed by atoms with Crippen LogP contribution in [0.5, 0.6) is 0 Å². The fourth-order valence-electron chi connectivity index (χ4n) is 3.02. The minimum atomic E-state index is -0.482. The Bertz CT molecular complexity index is 1320. The first-order valence-electron chi connectivity index (χ1n) is 8.95. The third kappa shape index (κ3) is 3.46. The molecule has 0 aromatic carbocycles. The van der Waals surface area contributed by atoms with Gasteiger partial charge in [-0.15, -0.1) is 6.58 Å². The van der Waals surface area contributed by atoms with Crippen molar-refractivity contribution in [3.8, 4) is 10.6 Å². The molecular formula is C21H17N5O3S. The van der Waals surface area contributed by atoms with Crippen LogP contribution in [0.4, 0.5) is 5.82 Å². The highest BCUT2D eigenvalue weighted by molar-refractivity contribution is 7.19. The molecule has 2 N–H and O–H groups in total. The molecule has 0 saturated heterocycles. The van der Waals surface area contributed by atoms with Crippen LogP contribution in [0.3, 0.4) is 0 Å². The number of carbonyl (C=O) groups is 1. The molecule has 8 nitrogen and oxygen atoms in total. The smallest absolute Gasteiger partial charge is 0.283 e. The third-order valence-electron chi connectivity index (χ3n) is 4.45. The van der Waals surface area contributed by atoms with Gasteiger partial charge < -0.3 is 10.5 Å².